The Balaban J connectivity index is 1.50. The monoisotopic (exact) mass is 404 g/mol. The van der Waals surface area contributed by atoms with Gasteiger partial charge in [0.25, 0.3) is 5.91 Å². The van der Waals surface area contributed by atoms with Gasteiger partial charge in [0.15, 0.2) is 11.5 Å². The van der Waals surface area contributed by atoms with Crippen LogP contribution in [0.25, 0.3) is 0 Å². The largest absolute Gasteiger partial charge is 0.490 e. The Morgan fingerprint density at radius 3 is 2.59 bits per heavy atom. The minimum Gasteiger partial charge on any atom is -0.490 e. The van der Waals surface area contributed by atoms with Crippen molar-refractivity contribution in [3.63, 3.8) is 0 Å². The van der Waals surface area contributed by atoms with Gasteiger partial charge in [0.1, 0.15) is 5.03 Å². The van der Waals surface area contributed by atoms with Crippen LogP contribution in [0.1, 0.15) is 36.0 Å². The fourth-order valence-corrected chi connectivity index (χ4v) is 4.28. The number of carbonyl (C=O) groups is 1. The molecule has 1 fully saturated rings. The van der Waals surface area contributed by atoms with Crippen molar-refractivity contribution in [1.82, 2.24) is 9.88 Å². The molecule has 5 nitrogen and oxygen atoms in total. The van der Waals surface area contributed by atoms with Gasteiger partial charge in [-0.05, 0) is 43.5 Å². The van der Waals surface area contributed by atoms with E-state index in [1.165, 1.54) is 18.2 Å². The van der Waals surface area contributed by atoms with Crippen LogP contribution in [-0.4, -0.2) is 42.1 Å². The highest BCUT2D eigenvalue weighted by atomic mass is 35.5. The van der Waals surface area contributed by atoms with E-state index in [1.54, 1.807) is 12.3 Å². The maximum Gasteiger partial charge on any atom is 0.255 e. The molecule has 0 bridgehead atoms. The summed E-state index contributed by atoms with van der Waals surface area (Å²) in [5, 5.41) is 1.15. The van der Waals surface area contributed by atoms with E-state index in [2.05, 4.69) is 4.98 Å². The summed E-state index contributed by atoms with van der Waals surface area (Å²) in [5.41, 5.74) is 0.546. The fourth-order valence-electron chi connectivity index (χ4n) is 3.22. The van der Waals surface area contributed by atoms with E-state index in [1.807, 2.05) is 23.1 Å². The van der Waals surface area contributed by atoms with E-state index < -0.39 is 0 Å². The first-order valence-electron chi connectivity index (χ1n) is 9.23. The standard InChI is InChI=1S/C20H21ClN2O3S/c21-16-11-14(20(24)23-7-2-1-3-8-23)13-22-19(16)27-15-5-6-17-18(12-15)26-10-4-9-25-17/h5-6,11-13H,1-4,7-10H2. The molecular weight excluding hydrogens is 384 g/mol. The van der Waals surface area contributed by atoms with Crippen molar-refractivity contribution in [1.29, 1.82) is 0 Å². The number of benzene rings is 1. The Morgan fingerprint density at radius 1 is 1.04 bits per heavy atom. The summed E-state index contributed by atoms with van der Waals surface area (Å²) in [5.74, 6) is 1.51. The highest BCUT2D eigenvalue weighted by molar-refractivity contribution is 7.99. The predicted molar refractivity (Wildman–Crippen MR) is 105 cm³/mol. The lowest BCUT2D eigenvalue weighted by molar-refractivity contribution is 0.0724. The molecule has 142 valence electrons. The van der Waals surface area contributed by atoms with Gasteiger partial charge in [-0.1, -0.05) is 23.4 Å². The fraction of sp³-hybridized carbons (Fsp3) is 0.400. The first-order chi connectivity index (χ1) is 13.2. The molecule has 0 aliphatic carbocycles. The summed E-state index contributed by atoms with van der Waals surface area (Å²) in [7, 11) is 0. The summed E-state index contributed by atoms with van der Waals surface area (Å²) in [4.78, 5) is 19.9. The third kappa shape index (κ3) is 4.33. The molecular formula is C20H21ClN2O3S. The Morgan fingerprint density at radius 2 is 1.81 bits per heavy atom. The van der Waals surface area contributed by atoms with Crippen LogP contribution in [-0.2, 0) is 0 Å². The number of amides is 1. The lowest BCUT2D eigenvalue weighted by Gasteiger charge is -2.26. The number of aromatic nitrogens is 1. The van der Waals surface area contributed by atoms with Gasteiger partial charge in [-0.2, -0.15) is 0 Å². The van der Waals surface area contributed by atoms with E-state index >= 15 is 0 Å². The number of halogens is 1. The van der Waals surface area contributed by atoms with Crippen LogP contribution in [0.2, 0.25) is 5.02 Å². The van der Waals surface area contributed by atoms with Crippen LogP contribution in [0.15, 0.2) is 40.4 Å². The number of likely N-dealkylation sites (tertiary alicyclic amines) is 1. The van der Waals surface area contributed by atoms with Crippen LogP contribution in [0.3, 0.4) is 0 Å². The number of hydrogen-bond acceptors (Lipinski definition) is 5. The zero-order valence-electron chi connectivity index (χ0n) is 14.9. The van der Waals surface area contributed by atoms with Gasteiger partial charge in [-0.15, -0.1) is 0 Å². The van der Waals surface area contributed by atoms with Crippen molar-refractivity contribution in [2.24, 2.45) is 0 Å². The van der Waals surface area contributed by atoms with Crippen molar-refractivity contribution in [2.75, 3.05) is 26.3 Å². The van der Waals surface area contributed by atoms with Crippen LogP contribution < -0.4 is 9.47 Å². The highest BCUT2D eigenvalue weighted by Gasteiger charge is 2.20. The van der Waals surface area contributed by atoms with Crippen molar-refractivity contribution in [3.05, 3.63) is 41.0 Å². The SMILES string of the molecule is O=C(c1cnc(Sc2ccc3c(c2)OCCCO3)c(Cl)c1)N1CCCCC1. The van der Waals surface area contributed by atoms with E-state index in [0.29, 0.717) is 28.8 Å². The summed E-state index contributed by atoms with van der Waals surface area (Å²) < 4.78 is 11.4. The highest BCUT2D eigenvalue weighted by Crippen LogP contribution is 2.38. The summed E-state index contributed by atoms with van der Waals surface area (Å²) in [6.45, 7) is 2.93. The third-order valence-corrected chi connectivity index (χ3v) is 6.04. The molecule has 27 heavy (non-hydrogen) atoms. The number of ether oxygens (including phenoxy) is 2. The summed E-state index contributed by atoms with van der Waals surface area (Å²) in [6, 6.07) is 7.53. The number of pyridine rings is 1. The van der Waals surface area contributed by atoms with E-state index in [-0.39, 0.29) is 5.91 Å². The maximum absolute atomic E-state index is 12.6. The van der Waals surface area contributed by atoms with Gasteiger partial charge in [-0.3, -0.25) is 4.79 Å². The molecule has 1 aromatic heterocycles. The van der Waals surface area contributed by atoms with Gasteiger partial charge < -0.3 is 14.4 Å². The molecule has 0 spiro atoms. The molecule has 2 aliphatic heterocycles. The molecule has 2 aromatic rings. The van der Waals surface area contributed by atoms with E-state index in [9.17, 15) is 4.79 Å². The second-order valence-electron chi connectivity index (χ2n) is 6.62. The summed E-state index contributed by atoms with van der Waals surface area (Å²) in [6.07, 6.45) is 5.80. The van der Waals surface area contributed by atoms with Gasteiger partial charge >= 0.3 is 0 Å². The number of rotatable bonds is 3. The second kappa shape index (κ2) is 8.40. The van der Waals surface area contributed by atoms with Crippen molar-refractivity contribution >= 4 is 29.3 Å². The number of carbonyl (C=O) groups excluding carboxylic acids is 1. The van der Waals surface area contributed by atoms with Gasteiger partial charge in [-0.25, -0.2) is 4.98 Å². The lowest BCUT2D eigenvalue weighted by Crippen LogP contribution is -2.35. The first kappa shape index (κ1) is 18.4. The number of fused-ring (bicyclic) bond motifs is 1. The van der Waals surface area contributed by atoms with Crippen LogP contribution in [0, 0.1) is 0 Å². The molecule has 0 atom stereocenters. The third-order valence-electron chi connectivity index (χ3n) is 4.63. The molecule has 4 rings (SSSR count). The Bertz CT molecular complexity index is 840. The van der Waals surface area contributed by atoms with Gasteiger partial charge in [0.2, 0.25) is 0 Å². The molecule has 0 saturated carbocycles. The quantitative estimate of drug-likeness (QED) is 0.743. The molecule has 1 aromatic carbocycles. The molecule has 0 unspecified atom stereocenters. The van der Waals surface area contributed by atoms with Crippen molar-refractivity contribution in [3.8, 4) is 11.5 Å². The Labute approximate surface area is 168 Å². The van der Waals surface area contributed by atoms with Crippen LogP contribution in [0.5, 0.6) is 11.5 Å². The topological polar surface area (TPSA) is 51.7 Å². The number of piperidine rings is 1. The molecule has 0 radical (unpaired) electrons. The van der Waals surface area contributed by atoms with Crippen LogP contribution in [0.4, 0.5) is 0 Å². The average Bonchev–Trinajstić information content (AvgIpc) is 2.94. The smallest absolute Gasteiger partial charge is 0.255 e. The predicted octanol–water partition coefficient (Wildman–Crippen LogP) is 4.67. The molecule has 3 heterocycles. The second-order valence-corrected chi connectivity index (χ2v) is 8.09. The first-order valence-corrected chi connectivity index (χ1v) is 10.4. The van der Waals surface area contributed by atoms with E-state index in [4.69, 9.17) is 21.1 Å². The molecule has 1 amide bonds. The lowest BCUT2D eigenvalue weighted by atomic mass is 10.1. The molecule has 2 aliphatic rings. The normalized spacial score (nSPS) is 16.7. The van der Waals surface area contributed by atoms with Crippen molar-refractivity contribution < 1.29 is 14.3 Å². The molecule has 7 heteroatoms. The van der Waals surface area contributed by atoms with Gasteiger partial charge in [0.05, 0.1) is 23.8 Å². The Hall–Kier alpha value is -1.92. The number of nitrogens with zero attached hydrogens (tertiary/aromatic N) is 2. The average molecular weight is 405 g/mol. The van der Waals surface area contributed by atoms with Crippen molar-refractivity contribution in [2.45, 2.75) is 35.6 Å². The minimum absolute atomic E-state index is 0.0104. The molecule has 1 saturated heterocycles. The molecule has 0 N–H and O–H groups in total. The zero-order chi connectivity index (χ0) is 18.6. The number of hydrogen-bond donors (Lipinski definition) is 0. The maximum atomic E-state index is 12.6. The zero-order valence-corrected chi connectivity index (χ0v) is 16.5. The van der Waals surface area contributed by atoms with Gasteiger partial charge in [0, 0.05) is 30.6 Å². The van der Waals surface area contributed by atoms with E-state index in [0.717, 1.165) is 48.7 Å². The summed E-state index contributed by atoms with van der Waals surface area (Å²) >= 11 is 7.87. The minimum atomic E-state index is 0.0104. The Kier molecular flexibility index (Phi) is 5.74. The van der Waals surface area contributed by atoms with Crippen LogP contribution >= 0.6 is 23.4 Å².